The van der Waals surface area contributed by atoms with Gasteiger partial charge in [-0.3, -0.25) is 0 Å². The SMILES string of the molecule is O=C(OC1(c2ccccc2)CCNCC1)c1cc(O)cc(Br)c1. The summed E-state index contributed by atoms with van der Waals surface area (Å²) in [6, 6.07) is 14.5. The summed E-state index contributed by atoms with van der Waals surface area (Å²) < 4.78 is 6.59. The smallest absolute Gasteiger partial charge is 0.339 e. The molecule has 0 bridgehead atoms. The number of aromatic hydroxyl groups is 1. The number of phenolic OH excluding ortho intramolecular Hbond substituents is 1. The van der Waals surface area contributed by atoms with Crippen LogP contribution in [0.2, 0.25) is 0 Å². The highest BCUT2D eigenvalue weighted by molar-refractivity contribution is 9.10. The molecule has 23 heavy (non-hydrogen) atoms. The molecule has 1 saturated heterocycles. The molecular weight excluding hydrogens is 358 g/mol. The van der Waals surface area contributed by atoms with Gasteiger partial charge in [-0.1, -0.05) is 46.3 Å². The number of nitrogens with one attached hydrogen (secondary N) is 1. The highest BCUT2D eigenvalue weighted by Gasteiger charge is 2.38. The molecule has 1 heterocycles. The Bertz CT molecular complexity index is 676. The van der Waals surface area contributed by atoms with E-state index in [4.69, 9.17) is 4.74 Å². The molecule has 2 aromatic rings. The van der Waals surface area contributed by atoms with Crippen molar-refractivity contribution < 1.29 is 14.6 Å². The van der Waals surface area contributed by atoms with Crippen molar-refractivity contribution in [3.8, 4) is 5.75 Å². The van der Waals surface area contributed by atoms with Gasteiger partial charge >= 0.3 is 5.97 Å². The van der Waals surface area contributed by atoms with Gasteiger partial charge < -0.3 is 15.2 Å². The number of hydrogen-bond donors (Lipinski definition) is 2. The summed E-state index contributed by atoms with van der Waals surface area (Å²) in [7, 11) is 0. The number of halogens is 1. The van der Waals surface area contributed by atoms with E-state index in [2.05, 4.69) is 21.2 Å². The van der Waals surface area contributed by atoms with Crippen LogP contribution < -0.4 is 5.32 Å². The van der Waals surface area contributed by atoms with Crippen LogP contribution in [0.15, 0.2) is 53.0 Å². The van der Waals surface area contributed by atoms with E-state index >= 15 is 0 Å². The Labute approximate surface area is 143 Å². The fraction of sp³-hybridized carbons (Fsp3) is 0.278. The van der Waals surface area contributed by atoms with Crippen LogP contribution >= 0.6 is 15.9 Å². The van der Waals surface area contributed by atoms with Crippen LogP contribution in [0.3, 0.4) is 0 Å². The summed E-state index contributed by atoms with van der Waals surface area (Å²) in [6.45, 7) is 1.60. The molecule has 4 nitrogen and oxygen atoms in total. The fourth-order valence-corrected chi connectivity index (χ4v) is 3.43. The predicted molar refractivity (Wildman–Crippen MR) is 91.4 cm³/mol. The summed E-state index contributed by atoms with van der Waals surface area (Å²) in [5.74, 6) is -0.391. The molecule has 0 radical (unpaired) electrons. The largest absolute Gasteiger partial charge is 0.508 e. The van der Waals surface area contributed by atoms with E-state index in [-0.39, 0.29) is 5.75 Å². The van der Waals surface area contributed by atoms with E-state index in [1.807, 2.05) is 30.3 Å². The molecule has 2 aromatic carbocycles. The predicted octanol–water partition coefficient (Wildman–Crippen LogP) is 3.59. The molecule has 0 aromatic heterocycles. The first-order chi connectivity index (χ1) is 11.1. The number of piperidine rings is 1. The zero-order valence-corrected chi connectivity index (χ0v) is 14.2. The summed E-state index contributed by atoms with van der Waals surface area (Å²) in [5, 5.41) is 13.0. The lowest BCUT2D eigenvalue weighted by atomic mass is 9.84. The lowest BCUT2D eigenvalue weighted by molar-refractivity contribution is -0.0378. The number of carbonyl (C=O) groups excluding carboxylic acids is 1. The minimum absolute atomic E-state index is 0.0328. The summed E-state index contributed by atoms with van der Waals surface area (Å²) in [5.41, 5.74) is 0.724. The Balaban J connectivity index is 1.91. The number of carbonyl (C=O) groups is 1. The van der Waals surface area contributed by atoms with Crippen LogP contribution in [0.1, 0.15) is 28.8 Å². The molecule has 5 heteroatoms. The van der Waals surface area contributed by atoms with E-state index in [0.29, 0.717) is 10.0 Å². The van der Waals surface area contributed by atoms with Crippen LogP contribution in [-0.2, 0) is 10.3 Å². The van der Waals surface area contributed by atoms with Crippen molar-refractivity contribution >= 4 is 21.9 Å². The quantitative estimate of drug-likeness (QED) is 0.804. The average molecular weight is 376 g/mol. The molecular formula is C18H18BrNO3. The van der Waals surface area contributed by atoms with Gasteiger partial charge in [0.1, 0.15) is 11.4 Å². The van der Waals surface area contributed by atoms with Crippen LogP contribution in [-0.4, -0.2) is 24.2 Å². The second kappa shape index (κ2) is 6.72. The Morgan fingerprint density at radius 2 is 1.83 bits per heavy atom. The van der Waals surface area contributed by atoms with Crippen molar-refractivity contribution in [3.05, 3.63) is 64.1 Å². The molecule has 1 aliphatic heterocycles. The zero-order valence-electron chi connectivity index (χ0n) is 12.6. The summed E-state index contributed by atoms with van der Waals surface area (Å²) >= 11 is 3.29. The number of esters is 1. The van der Waals surface area contributed by atoms with Gasteiger partial charge in [0.05, 0.1) is 5.56 Å². The third-order valence-electron chi connectivity index (χ3n) is 4.12. The van der Waals surface area contributed by atoms with Crippen LogP contribution in [0.25, 0.3) is 0 Å². The Kier molecular flexibility index (Phi) is 4.68. The van der Waals surface area contributed by atoms with Gasteiger partial charge in [0.15, 0.2) is 0 Å². The number of hydrogen-bond acceptors (Lipinski definition) is 4. The van der Waals surface area contributed by atoms with E-state index in [0.717, 1.165) is 31.5 Å². The van der Waals surface area contributed by atoms with Gasteiger partial charge in [-0.15, -0.1) is 0 Å². The Morgan fingerprint density at radius 3 is 2.48 bits per heavy atom. The molecule has 0 aliphatic carbocycles. The Morgan fingerprint density at radius 1 is 1.13 bits per heavy atom. The third-order valence-corrected chi connectivity index (χ3v) is 4.58. The molecule has 0 spiro atoms. The molecule has 120 valence electrons. The van der Waals surface area contributed by atoms with Crippen molar-refractivity contribution in [1.82, 2.24) is 5.32 Å². The molecule has 1 fully saturated rings. The normalized spacial score (nSPS) is 16.7. The van der Waals surface area contributed by atoms with Gasteiger partial charge in [-0.05, 0) is 36.9 Å². The highest BCUT2D eigenvalue weighted by Crippen LogP contribution is 2.36. The van der Waals surface area contributed by atoms with Gasteiger partial charge in [-0.2, -0.15) is 0 Å². The van der Waals surface area contributed by atoms with Crippen molar-refractivity contribution in [3.63, 3.8) is 0 Å². The van der Waals surface area contributed by atoms with Crippen LogP contribution in [0.5, 0.6) is 5.75 Å². The maximum absolute atomic E-state index is 12.6. The fourth-order valence-electron chi connectivity index (χ4n) is 2.95. The standard InChI is InChI=1S/C18H18BrNO3/c19-15-10-13(11-16(21)12-15)17(22)23-18(6-8-20-9-7-18)14-4-2-1-3-5-14/h1-5,10-12,20-21H,6-9H2. The van der Waals surface area contributed by atoms with Crippen molar-refractivity contribution in [2.24, 2.45) is 0 Å². The Hall–Kier alpha value is -1.85. The first kappa shape index (κ1) is 16.0. The van der Waals surface area contributed by atoms with E-state index in [1.165, 1.54) is 12.1 Å². The lowest BCUT2D eigenvalue weighted by Gasteiger charge is -2.37. The van der Waals surface area contributed by atoms with E-state index in [9.17, 15) is 9.90 Å². The van der Waals surface area contributed by atoms with Crippen LogP contribution in [0, 0.1) is 0 Å². The van der Waals surface area contributed by atoms with E-state index in [1.54, 1.807) is 6.07 Å². The van der Waals surface area contributed by atoms with Crippen molar-refractivity contribution in [1.29, 1.82) is 0 Å². The molecule has 0 unspecified atom stereocenters. The first-order valence-electron chi connectivity index (χ1n) is 7.58. The monoisotopic (exact) mass is 375 g/mol. The maximum Gasteiger partial charge on any atom is 0.339 e. The topological polar surface area (TPSA) is 58.6 Å². The molecule has 3 rings (SSSR count). The summed E-state index contributed by atoms with van der Waals surface area (Å²) in [6.07, 6.45) is 1.45. The second-order valence-electron chi connectivity index (χ2n) is 5.70. The van der Waals surface area contributed by atoms with Gasteiger partial charge in [0.25, 0.3) is 0 Å². The average Bonchev–Trinajstić information content (AvgIpc) is 2.55. The minimum Gasteiger partial charge on any atom is -0.508 e. The van der Waals surface area contributed by atoms with Gasteiger partial charge in [0, 0.05) is 17.3 Å². The minimum atomic E-state index is -0.623. The molecule has 1 aliphatic rings. The van der Waals surface area contributed by atoms with E-state index < -0.39 is 11.6 Å². The first-order valence-corrected chi connectivity index (χ1v) is 8.37. The van der Waals surface area contributed by atoms with Crippen molar-refractivity contribution in [2.75, 3.05) is 13.1 Å². The summed E-state index contributed by atoms with van der Waals surface area (Å²) in [4.78, 5) is 12.6. The number of benzene rings is 2. The molecule has 0 saturated carbocycles. The number of phenols is 1. The number of ether oxygens (including phenoxy) is 1. The molecule has 0 atom stereocenters. The van der Waals surface area contributed by atoms with Gasteiger partial charge in [0.2, 0.25) is 0 Å². The van der Waals surface area contributed by atoms with Gasteiger partial charge in [-0.25, -0.2) is 4.79 Å². The van der Waals surface area contributed by atoms with Crippen LogP contribution in [0.4, 0.5) is 0 Å². The third kappa shape index (κ3) is 3.57. The maximum atomic E-state index is 12.6. The highest BCUT2D eigenvalue weighted by atomic mass is 79.9. The lowest BCUT2D eigenvalue weighted by Crippen LogP contribution is -2.43. The number of rotatable bonds is 3. The zero-order chi connectivity index (χ0) is 16.3. The molecule has 2 N–H and O–H groups in total. The van der Waals surface area contributed by atoms with Crippen molar-refractivity contribution in [2.45, 2.75) is 18.4 Å². The molecule has 0 amide bonds. The second-order valence-corrected chi connectivity index (χ2v) is 6.61.